The summed E-state index contributed by atoms with van der Waals surface area (Å²) in [7, 11) is 0. The van der Waals surface area contributed by atoms with Crippen LogP contribution in [0.4, 0.5) is 4.39 Å². The van der Waals surface area contributed by atoms with E-state index in [1.807, 2.05) is 0 Å². The smallest absolute Gasteiger partial charge is 0.143 e. The molecule has 2 aromatic rings. The Kier molecular flexibility index (Phi) is 2.24. The van der Waals surface area contributed by atoms with Gasteiger partial charge >= 0.3 is 0 Å². The molecule has 0 aromatic carbocycles. The predicted molar refractivity (Wildman–Crippen MR) is 47.2 cm³/mol. The Bertz CT molecular complexity index is 428. The van der Waals surface area contributed by atoms with Crippen molar-refractivity contribution in [1.82, 2.24) is 14.5 Å². The van der Waals surface area contributed by atoms with Crippen molar-refractivity contribution < 1.29 is 9.50 Å². The lowest BCUT2D eigenvalue weighted by Gasteiger charge is -2.05. The van der Waals surface area contributed by atoms with E-state index in [2.05, 4.69) is 9.97 Å². The topological polar surface area (TPSA) is 50.9 Å². The molecule has 2 rings (SSSR count). The quantitative estimate of drug-likeness (QED) is 0.770. The molecule has 0 spiro atoms. The number of aliphatic hydroxyl groups excluding tert-OH is 1. The van der Waals surface area contributed by atoms with E-state index in [0.29, 0.717) is 11.4 Å². The van der Waals surface area contributed by atoms with Crippen molar-refractivity contribution in [3.8, 4) is 5.82 Å². The highest BCUT2D eigenvalue weighted by Crippen LogP contribution is 2.12. The molecule has 0 unspecified atom stereocenters. The molecule has 14 heavy (non-hydrogen) atoms. The minimum Gasteiger partial charge on any atom is -0.392 e. The van der Waals surface area contributed by atoms with Crippen molar-refractivity contribution in [2.24, 2.45) is 0 Å². The Hall–Kier alpha value is -1.75. The van der Waals surface area contributed by atoms with E-state index in [0.717, 1.165) is 6.20 Å². The van der Waals surface area contributed by atoms with Gasteiger partial charge in [0, 0.05) is 18.0 Å². The summed E-state index contributed by atoms with van der Waals surface area (Å²) in [6, 6.07) is 1.25. The van der Waals surface area contributed by atoms with Crippen LogP contribution in [0.25, 0.3) is 5.82 Å². The fourth-order valence-corrected chi connectivity index (χ4v) is 1.21. The van der Waals surface area contributed by atoms with Crippen LogP contribution in [0.1, 0.15) is 5.56 Å². The first kappa shape index (κ1) is 8.83. The number of halogens is 1. The Morgan fingerprint density at radius 2 is 2.36 bits per heavy atom. The number of rotatable bonds is 2. The minimum atomic E-state index is -0.460. The van der Waals surface area contributed by atoms with Crippen LogP contribution >= 0.6 is 0 Å². The molecular formula is C9H8FN3O. The van der Waals surface area contributed by atoms with Gasteiger partial charge in [-0.15, -0.1) is 0 Å². The number of imidazole rings is 1. The highest BCUT2D eigenvalue weighted by Gasteiger charge is 2.06. The molecule has 0 aliphatic carbocycles. The van der Waals surface area contributed by atoms with Gasteiger partial charge < -0.3 is 5.11 Å². The Morgan fingerprint density at radius 1 is 1.50 bits per heavy atom. The van der Waals surface area contributed by atoms with Crippen LogP contribution in [-0.4, -0.2) is 19.6 Å². The van der Waals surface area contributed by atoms with Crippen molar-refractivity contribution in [3.63, 3.8) is 0 Å². The number of aliphatic hydroxyl groups is 1. The largest absolute Gasteiger partial charge is 0.392 e. The fraction of sp³-hybridized carbons (Fsp3) is 0.111. The summed E-state index contributed by atoms with van der Waals surface area (Å²) in [5, 5.41) is 9.00. The molecule has 0 aliphatic heterocycles. The normalized spacial score (nSPS) is 10.4. The molecule has 0 bridgehead atoms. The van der Waals surface area contributed by atoms with Gasteiger partial charge in [-0.2, -0.15) is 0 Å². The molecule has 0 aliphatic rings. The Morgan fingerprint density at radius 3 is 3.00 bits per heavy atom. The number of hydrogen-bond donors (Lipinski definition) is 1. The maximum atomic E-state index is 12.8. The van der Waals surface area contributed by atoms with E-state index < -0.39 is 5.82 Å². The second-order valence-electron chi connectivity index (χ2n) is 2.76. The van der Waals surface area contributed by atoms with E-state index in [4.69, 9.17) is 5.11 Å². The monoisotopic (exact) mass is 193 g/mol. The van der Waals surface area contributed by atoms with Gasteiger partial charge in [0.05, 0.1) is 12.8 Å². The van der Waals surface area contributed by atoms with Crippen LogP contribution in [0.5, 0.6) is 0 Å². The molecule has 0 fully saturated rings. The molecule has 0 saturated carbocycles. The minimum absolute atomic E-state index is 0.252. The lowest BCUT2D eigenvalue weighted by molar-refractivity contribution is 0.280. The van der Waals surface area contributed by atoms with Gasteiger partial charge in [-0.25, -0.2) is 14.4 Å². The molecule has 0 atom stereocenters. The average Bonchev–Trinajstić information content (AvgIpc) is 2.70. The van der Waals surface area contributed by atoms with Gasteiger partial charge in [0.1, 0.15) is 18.0 Å². The summed E-state index contributed by atoms with van der Waals surface area (Å²) in [4.78, 5) is 7.72. The summed E-state index contributed by atoms with van der Waals surface area (Å²) < 4.78 is 14.4. The first-order valence-corrected chi connectivity index (χ1v) is 4.05. The number of pyridine rings is 1. The summed E-state index contributed by atoms with van der Waals surface area (Å²) in [6.07, 6.45) is 5.92. The SMILES string of the molecule is OCc1cc(F)cnc1-n1ccnc1. The van der Waals surface area contributed by atoms with Gasteiger partial charge in [0.25, 0.3) is 0 Å². The third kappa shape index (κ3) is 1.49. The zero-order chi connectivity index (χ0) is 9.97. The summed E-state index contributed by atoms with van der Waals surface area (Å²) >= 11 is 0. The molecule has 2 heterocycles. The van der Waals surface area contributed by atoms with Crippen LogP contribution in [0.15, 0.2) is 31.0 Å². The highest BCUT2D eigenvalue weighted by molar-refractivity contribution is 5.33. The van der Waals surface area contributed by atoms with Crippen LogP contribution in [0.2, 0.25) is 0 Å². The van der Waals surface area contributed by atoms with Crippen molar-refractivity contribution in [3.05, 3.63) is 42.4 Å². The van der Waals surface area contributed by atoms with Crippen molar-refractivity contribution in [2.75, 3.05) is 0 Å². The lowest BCUT2D eigenvalue weighted by atomic mass is 10.2. The maximum absolute atomic E-state index is 12.8. The predicted octanol–water partition coefficient (Wildman–Crippen LogP) is 0.899. The average molecular weight is 193 g/mol. The van der Waals surface area contributed by atoms with E-state index >= 15 is 0 Å². The van der Waals surface area contributed by atoms with Crippen LogP contribution in [0, 0.1) is 5.82 Å². The third-order valence-electron chi connectivity index (χ3n) is 1.83. The first-order valence-electron chi connectivity index (χ1n) is 4.05. The molecule has 72 valence electrons. The molecular weight excluding hydrogens is 185 g/mol. The van der Waals surface area contributed by atoms with Gasteiger partial charge in [0.15, 0.2) is 0 Å². The molecule has 0 saturated heterocycles. The maximum Gasteiger partial charge on any atom is 0.143 e. The summed E-state index contributed by atoms with van der Waals surface area (Å²) in [6.45, 7) is -0.252. The van der Waals surface area contributed by atoms with E-state index in [9.17, 15) is 4.39 Å². The van der Waals surface area contributed by atoms with Crippen LogP contribution < -0.4 is 0 Å². The molecule has 1 N–H and O–H groups in total. The number of nitrogens with zero attached hydrogens (tertiary/aromatic N) is 3. The zero-order valence-electron chi connectivity index (χ0n) is 7.26. The van der Waals surface area contributed by atoms with Gasteiger partial charge in [-0.1, -0.05) is 0 Å². The van der Waals surface area contributed by atoms with Crippen LogP contribution in [0.3, 0.4) is 0 Å². The van der Waals surface area contributed by atoms with E-state index in [-0.39, 0.29) is 6.61 Å². The van der Waals surface area contributed by atoms with Crippen molar-refractivity contribution in [1.29, 1.82) is 0 Å². The fourth-order valence-electron chi connectivity index (χ4n) is 1.21. The third-order valence-corrected chi connectivity index (χ3v) is 1.83. The standard InChI is InChI=1S/C9H8FN3O/c10-8-3-7(5-14)9(12-4-8)13-2-1-11-6-13/h1-4,6,14H,5H2. The summed E-state index contributed by atoms with van der Waals surface area (Å²) in [5.74, 6) is 0.0318. The van der Waals surface area contributed by atoms with E-state index in [1.165, 1.54) is 6.07 Å². The lowest BCUT2D eigenvalue weighted by Crippen LogP contribution is -2.01. The number of hydrogen-bond acceptors (Lipinski definition) is 3. The zero-order valence-corrected chi connectivity index (χ0v) is 7.26. The summed E-state index contributed by atoms with van der Waals surface area (Å²) in [5.41, 5.74) is 0.433. The molecule has 2 aromatic heterocycles. The highest BCUT2D eigenvalue weighted by atomic mass is 19.1. The van der Waals surface area contributed by atoms with Crippen molar-refractivity contribution in [2.45, 2.75) is 6.61 Å². The number of aromatic nitrogens is 3. The Labute approximate surface area is 79.7 Å². The van der Waals surface area contributed by atoms with Crippen molar-refractivity contribution >= 4 is 0 Å². The van der Waals surface area contributed by atoms with Gasteiger partial charge in [-0.3, -0.25) is 4.57 Å². The molecule has 0 amide bonds. The second-order valence-corrected chi connectivity index (χ2v) is 2.76. The van der Waals surface area contributed by atoms with E-state index in [1.54, 1.807) is 23.3 Å². The first-order chi connectivity index (χ1) is 6.81. The second kappa shape index (κ2) is 3.55. The van der Waals surface area contributed by atoms with Crippen LogP contribution in [-0.2, 0) is 6.61 Å². The van der Waals surface area contributed by atoms with Gasteiger partial charge in [-0.05, 0) is 6.07 Å². The molecule has 4 nitrogen and oxygen atoms in total. The van der Waals surface area contributed by atoms with Gasteiger partial charge in [0.2, 0.25) is 0 Å². The molecule has 0 radical (unpaired) electrons. The Balaban J connectivity index is 2.53. The molecule has 5 heteroatoms.